The van der Waals surface area contributed by atoms with Gasteiger partial charge < -0.3 is 15.0 Å². The number of nitrogens with one attached hydrogen (secondary N) is 1. The van der Waals surface area contributed by atoms with Crippen molar-refractivity contribution >= 4 is 23.2 Å². The molecule has 1 N–H and O–H groups in total. The van der Waals surface area contributed by atoms with Crippen molar-refractivity contribution in [2.24, 2.45) is 0 Å². The Kier molecular flexibility index (Phi) is 6.17. The number of carbonyl (C=O) groups is 2. The van der Waals surface area contributed by atoms with E-state index < -0.39 is 0 Å². The molecule has 2 aromatic rings. The van der Waals surface area contributed by atoms with E-state index in [0.29, 0.717) is 11.4 Å². The Balaban J connectivity index is 2.16. The van der Waals surface area contributed by atoms with Crippen molar-refractivity contribution in [1.29, 1.82) is 0 Å². The number of ether oxygens (including phenoxy) is 1. The van der Waals surface area contributed by atoms with E-state index in [1.165, 1.54) is 11.8 Å². The van der Waals surface area contributed by atoms with E-state index in [-0.39, 0.29) is 24.3 Å². The summed E-state index contributed by atoms with van der Waals surface area (Å²) < 4.78 is 5.10. The molecule has 0 bridgehead atoms. The highest BCUT2D eigenvalue weighted by Crippen LogP contribution is 2.27. The van der Waals surface area contributed by atoms with Gasteiger partial charge in [0.15, 0.2) is 0 Å². The van der Waals surface area contributed by atoms with Crippen LogP contribution >= 0.6 is 0 Å². The first kappa shape index (κ1) is 18.5. The zero-order valence-electron chi connectivity index (χ0n) is 15.1. The van der Waals surface area contributed by atoms with Crippen molar-refractivity contribution in [1.82, 2.24) is 0 Å². The first-order valence-corrected chi connectivity index (χ1v) is 8.23. The molecule has 0 heterocycles. The van der Waals surface area contributed by atoms with Crippen molar-refractivity contribution in [3.8, 4) is 5.75 Å². The average Bonchev–Trinajstić information content (AvgIpc) is 2.60. The number of hydrogen-bond donors (Lipinski definition) is 1. The fraction of sp³-hybridized carbons (Fsp3) is 0.300. The second kappa shape index (κ2) is 8.33. The molecule has 2 aromatic carbocycles. The van der Waals surface area contributed by atoms with E-state index in [1.54, 1.807) is 31.4 Å². The van der Waals surface area contributed by atoms with E-state index in [0.717, 1.165) is 11.3 Å². The van der Waals surface area contributed by atoms with Crippen LogP contribution < -0.4 is 15.0 Å². The van der Waals surface area contributed by atoms with E-state index in [4.69, 9.17) is 4.74 Å². The Morgan fingerprint density at radius 2 is 1.72 bits per heavy atom. The molecule has 0 atom stereocenters. The molecular formula is C20H24N2O3. The molecule has 2 amide bonds. The summed E-state index contributed by atoms with van der Waals surface area (Å²) in [6.45, 7) is 5.56. The van der Waals surface area contributed by atoms with Crippen LogP contribution in [0.4, 0.5) is 11.4 Å². The fourth-order valence-electron chi connectivity index (χ4n) is 2.61. The molecule has 5 heteroatoms. The lowest BCUT2D eigenvalue weighted by atomic mass is 10.0. The van der Waals surface area contributed by atoms with E-state index in [1.807, 2.05) is 24.3 Å². The first-order chi connectivity index (χ1) is 11.9. The van der Waals surface area contributed by atoms with Crippen LogP contribution in [0.3, 0.4) is 0 Å². The summed E-state index contributed by atoms with van der Waals surface area (Å²) in [4.78, 5) is 26.0. The van der Waals surface area contributed by atoms with Crippen LogP contribution in [0.25, 0.3) is 0 Å². The first-order valence-electron chi connectivity index (χ1n) is 8.23. The van der Waals surface area contributed by atoms with Gasteiger partial charge in [-0.3, -0.25) is 9.59 Å². The molecule has 0 fully saturated rings. The Morgan fingerprint density at radius 3 is 2.28 bits per heavy atom. The highest BCUT2D eigenvalue weighted by molar-refractivity contribution is 6.02. The fourth-order valence-corrected chi connectivity index (χ4v) is 2.61. The minimum absolute atomic E-state index is 0.0366. The molecule has 0 aliphatic rings. The van der Waals surface area contributed by atoms with Crippen molar-refractivity contribution in [3.05, 3.63) is 54.1 Å². The third kappa shape index (κ3) is 4.83. The second-order valence-corrected chi connectivity index (χ2v) is 6.10. The summed E-state index contributed by atoms with van der Waals surface area (Å²) in [7, 11) is 1.59. The van der Waals surface area contributed by atoms with Gasteiger partial charge in [0.05, 0.1) is 7.11 Å². The lowest BCUT2D eigenvalue weighted by Gasteiger charge is -2.25. The van der Waals surface area contributed by atoms with E-state index in [9.17, 15) is 9.59 Å². The summed E-state index contributed by atoms with van der Waals surface area (Å²) in [5.41, 5.74) is 2.47. The predicted octanol–water partition coefficient (Wildman–Crippen LogP) is 3.81. The maximum absolute atomic E-state index is 12.4. The number of benzene rings is 2. The zero-order valence-corrected chi connectivity index (χ0v) is 15.1. The molecule has 0 spiro atoms. The highest BCUT2D eigenvalue weighted by atomic mass is 16.5. The van der Waals surface area contributed by atoms with Gasteiger partial charge in [-0.1, -0.05) is 32.0 Å². The molecule has 0 aliphatic carbocycles. The number of carbonyl (C=O) groups excluding carboxylic acids is 2. The summed E-state index contributed by atoms with van der Waals surface area (Å²) >= 11 is 0. The SMILES string of the molecule is COc1ccc(NC(=O)CN(C(C)=O)c2ccccc2C(C)C)cc1. The second-order valence-electron chi connectivity index (χ2n) is 6.10. The Hall–Kier alpha value is -2.82. The van der Waals surface area contributed by atoms with Crippen LogP contribution in [-0.2, 0) is 9.59 Å². The Labute approximate surface area is 148 Å². The molecule has 25 heavy (non-hydrogen) atoms. The minimum atomic E-state index is -0.251. The van der Waals surface area contributed by atoms with Crippen LogP contribution in [0, 0.1) is 0 Å². The van der Waals surface area contributed by atoms with Crippen LogP contribution in [0.2, 0.25) is 0 Å². The Bertz CT molecular complexity index is 739. The molecule has 132 valence electrons. The van der Waals surface area contributed by atoms with Gasteiger partial charge >= 0.3 is 0 Å². The zero-order chi connectivity index (χ0) is 18.4. The van der Waals surface area contributed by atoms with Gasteiger partial charge in [0.1, 0.15) is 12.3 Å². The molecule has 0 saturated heterocycles. The molecule has 0 aromatic heterocycles. The molecule has 2 rings (SSSR count). The number of nitrogens with zero attached hydrogens (tertiary/aromatic N) is 1. The van der Waals surface area contributed by atoms with Crippen molar-refractivity contribution in [2.45, 2.75) is 26.7 Å². The average molecular weight is 340 g/mol. The van der Waals surface area contributed by atoms with Gasteiger partial charge in [0.25, 0.3) is 0 Å². The van der Waals surface area contributed by atoms with Gasteiger partial charge in [0, 0.05) is 18.3 Å². The smallest absolute Gasteiger partial charge is 0.244 e. The summed E-state index contributed by atoms with van der Waals surface area (Å²) in [5, 5.41) is 2.81. The number of amides is 2. The van der Waals surface area contributed by atoms with Crippen molar-refractivity contribution < 1.29 is 14.3 Å². The molecule has 5 nitrogen and oxygen atoms in total. The van der Waals surface area contributed by atoms with Crippen LogP contribution in [0.5, 0.6) is 5.75 Å². The maximum Gasteiger partial charge on any atom is 0.244 e. The van der Waals surface area contributed by atoms with Gasteiger partial charge in [-0.25, -0.2) is 0 Å². The molecular weight excluding hydrogens is 316 g/mol. The van der Waals surface area contributed by atoms with Crippen LogP contribution in [-0.4, -0.2) is 25.5 Å². The van der Waals surface area contributed by atoms with Gasteiger partial charge in [-0.2, -0.15) is 0 Å². The number of hydrogen-bond acceptors (Lipinski definition) is 3. The molecule has 0 saturated carbocycles. The number of para-hydroxylation sites is 1. The highest BCUT2D eigenvalue weighted by Gasteiger charge is 2.19. The topological polar surface area (TPSA) is 58.6 Å². The Morgan fingerprint density at radius 1 is 1.08 bits per heavy atom. The van der Waals surface area contributed by atoms with Crippen LogP contribution in [0.15, 0.2) is 48.5 Å². The third-order valence-corrected chi connectivity index (χ3v) is 3.91. The summed E-state index contributed by atoms with van der Waals surface area (Å²) in [6, 6.07) is 14.7. The van der Waals surface area contributed by atoms with Gasteiger partial charge in [0.2, 0.25) is 11.8 Å². The van der Waals surface area contributed by atoms with Crippen molar-refractivity contribution in [2.75, 3.05) is 23.9 Å². The van der Waals surface area contributed by atoms with Gasteiger partial charge in [-0.05, 0) is 41.8 Å². The molecule has 0 aliphatic heterocycles. The lowest BCUT2D eigenvalue weighted by Crippen LogP contribution is -2.37. The quantitative estimate of drug-likeness (QED) is 0.870. The molecule has 0 unspecified atom stereocenters. The monoisotopic (exact) mass is 340 g/mol. The van der Waals surface area contributed by atoms with Crippen molar-refractivity contribution in [3.63, 3.8) is 0 Å². The number of rotatable bonds is 6. The largest absolute Gasteiger partial charge is 0.497 e. The number of anilines is 2. The van der Waals surface area contributed by atoms with E-state index in [2.05, 4.69) is 19.2 Å². The van der Waals surface area contributed by atoms with Gasteiger partial charge in [-0.15, -0.1) is 0 Å². The maximum atomic E-state index is 12.4. The normalized spacial score (nSPS) is 10.4. The summed E-state index contributed by atoms with van der Waals surface area (Å²) in [5.74, 6) is 0.550. The standard InChI is InChI=1S/C20H24N2O3/c1-14(2)18-7-5-6-8-19(18)22(15(3)23)13-20(24)21-16-9-11-17(25-4)12-10-16/h5-12,14H,13H2,1-4H3,(H,21,24). The number of methoxy groups -OCH3 is 1. The minimum Gasteiger partial charge on any atom is -0.497 e. The third-order valence-electron chi connectivity index (χ3n) is 3.91. The van der Waals surface area contributed by atoms with E-state index >= 15 is 0 Å². The summed E-state index contributed by atoms with van der Waals surface area (Å²) in [6.07, 6.45) is 0. The lowest BCUT2D eigenvalue weighted by molar-refractivity contribution is -0.120. The predicted molar refractivity (Wildman–Crippen MR) is 100 cm³/mol. The van der Waals surface area contributed by atoms with Crippen LogP contribution in [0.1, 0.15) is 32.3 Å². The molecule has 0 radical (unpaired) electrons.